The van der Waals surface area contributed by atoms with Crippen molar-refractivity contribution in [2.24, 2.45) is 0 Å². The number of carboxylic acids is 1. The highest BCUT2D eigenvalue weighted by Gasteiger charge is 2.06. The molecule has 98 valence electrons. The molecule has 1 aromatic heterocycles. The van der Waals surface area contributed by atoms with Crippen LogP contribution in [0.15, 0.2) is 42.6 Å². The Morgan fingerprint density at radius 1 is 1.26 bits per heavy atom. The molecular formula is C15H16N2O2. The van der Waals surface area contributed by atoms with E-state index in [9.17, 15) is 4.79 Å². The van der Waals surface area contributed by atoms with Crippen LogP contribution in [0.4, 0.5) is 0 Å². The molecule has 1 N–H and O–H groups in total. The second kappa shape index (κ2) is 5.63. The summed E-state index contributed by atoms with van der Waals surface area (Å²) in [5.74, 6) is -0.937. The second-order valence-corrected chi connectivity index (χ2v) is 4.67. The van der Waals surface area contributed by atoms with Crippen LogP contribution >= 0.6 is 0 Å². The van der Waals surface area contributed by atoms with Crippen LogP contribution in [0, 0.1) is 0 Å². The number of nitrogens with zero attached hydrogens (tertiary/aromatic N) is 2. The summed E-state index contributed by atoms with van der Waals surface area (Å²) in [4.78, 5) is 17.3. The van der Waals surface area contributed by atoms with E-state index in [0.717, 1.165) is 12.1 Å². The normalized spacial score (nSPS) is 10.7. The van der Waals surface area contributed by atoms with Gasteiger partial charge in [-0.2, -0.15) is 0 Å². The van der Waals surface area contributed by atoms with Gasteiger partial charge in [-0.05, 0) is 37.9 Å². The van der Waals surface area contributed by atoms with Gasteiger partial charge in [0.1, 0.15) is 0 Å². The molecule has 0 fully saturated rings. The molecule has 0 spiro atoms. The molecule has 0 saturated carbocycles. The van der Waals surface area contributed by atoms with Crippen molar-refractivity contribution in [3.05, 3.63) is 53.7 Å². The highest BCUT2D eigenvalue weighted by molar-refractivity contribution is 5.88. The molecule has 4 heteroatoms. The van der Waals surface area contributed by atoms with Gasteiger partial charge >= 0.3 is 5.97 Å². The number of rotatable bonds is 4. The number of carboxylic acid groups (broad SMARTS) is 1. The van der Waals surface area contributed by atoms with Crippen LogP contribution in [-0.4, -0.2) is 35.1 Å². The van der Waals surface area contributed by atoms with Crippen molar-refractivity contribution in [1.29, 1.82) is 0 Å². The van der Waals surface area contributed by atoms with Crippen LogP contribution in [0.3, 0.4) is 0 Å². The highest BCUT2D eigenvalue weighted by atomic mass is 16.4. The van der Waals surface area contributed by atoms with E-state index >= 15 is 0 Å². The monoisotopic (exact) mass is 256 g/mol. The van der Waals surface area contributed by atoms with E-state index in [1.165, 1.54) is 17.8 Å². The maximum atomic E-state index is 11.0. The van der Waals surface area contributed by atoms with Crippen molar-refractivity contribution in [2.45, 2.75) is 6.54 Å². The van der Waals surface area contributed by atoms with E-state index in [1.54, 1.807) is 6.07 Å². The Balaban J connectivity index is 2.36. The van der Waals surface area contributed by atoms with Crippen LogP contribution in [0.1, 0.15) is 15.9 Å². The van der Waals surface area contributed by atoms with Gasteiger partial charge < -0.3 is 10.0 Å². The lowest BCUT2D eigenvalue weighted by Crippen LogP contribution is -2.10. The Kier molecular flexibility index (Phi) is 3.92. The van der Waals surface area contributed by atoms with Gasteiger partial charge in [-0.25, -0.2) is 4.79 Å². The van der Waals surface area contributed by atoms with Gasteiger partial charge in [0.25, 0.3) is 0 Å². The van der Waals surface area contributed by atoms with E-state index in [-0.39, 0.29) is 5.56 Å². The first kappa shape index (κ1) is 13.2. The van der Waals surface area contributed by atoms with Crippen LogP contribution in [0.2, 0.25) is 0 Å². The number of hydrogen-bond acceptors (Lipinski definition) is 3. The molecule has 1 aromatic carbocycles. The first-order valence-corrected chi connectivity index (χ1v) is 5.99. The molecule has 0 aliphatic heterocycles. The quantitative estimate of drug-likeness (QED) is 0.913. The van der Waals surface area contributed by atoms with Gasteiger partial charge in [0.05, 0.1) is 11.3 Å². The average Bonchev–Trinajstić information content (AvgIpc) is 2.38. The van der Waals surface area contributed by atoms with Gasteiger partial charge in [0, 0.05) is 18.3 Å². The molecule has 19 heavy (non-hydrogen) atoms. The first-order valence-electron chi connectivity index (χ1n) is 5.99. The molecule has 4 nitrogen and oxygen atoms in total. The van der Waals surface area contributed by atoms with E-state index in [4.69, 9.17) is 5.11 Å². The number of carbonyl (C=O) groups is 1. The van der Waals surface area contributed by atoms with Crippen molar-refractivity contribution in [1.82, 2.24) is 9.88 Å². The molecule has 0 aliphatic carbocycles. The van der Waals surface area contributed by atoms with E-state index in [0.29, 0.717) is 5.69 Å². The summed E-state index contributed by atoms with van der Waals surface area (Å²) in [5, 5.41) is 9.00. The van der Waals surface area contributed by atoms with Gasteiger partial charge in [-0.1, -0.05) is 18.2 Å². The Bertz CT molecular complexity index is 594. The molecule has 0 atom stereocenters. The minimum Gasteiger partial charge on any atom is -0.478 e. The summed E-state index contributed by atoms with van der Waals surface area (Å²) in [6.45, 7) is 0.840. The zero-order valence-electron chi connectivity index (χ0n) is 11.0. The number of aromatic carboxylic acids is 1. The first-order chi connectivity index (χ1) is 9.06. The fraction of sp³-hybridized carbons (Fsp3) is 0.200. The van der Waals surface area contributed by atoms with E-state index < -0.39 is 5.97 Å². The largest absolute Gasteiger partial charge is 0.478 e. The van der Waals surface area contributed by atoms with Crippen molar-refractivity contribution < 1.29 is 9.90 Å². The fourth-order valence-electron chi connectivity index (χ4n) is 1.92. The molecule has 0 radical (unpaired) electrons. The van der Waals surface area contributed by atoms with Crippen LogP contribution < -0.4 is 0 Å². The number of aromatic nitrogens is 1. The third-order valence-electron chi connectivity index (χ3n) is 2.73. The number of benzene rings is 1. The Morgan fingerprint density at radius 2 is 2.05 bits per heavy atom. The van der Waals surface area contributed by atoms with Crippen LogP contribution in [-0.2, 0) is 6.54 Å². The fourth-order valence-corrected chi connectivity index (χ4v) is 1.92. The molecule has 0 bridgehead atoms. The summed E-state index contributed by atoms with van der Waals surface area (Å²) in [7, 11) is 4.02. The zero-order chi connectivity index (χ0) is 13.8. The minimum absolute atomic E-state index is 0.253. The van der Waals surface area contributed by atoms with Crippen molar-refractivity contribution in [2.75, 3.05) is 14.1 Å². The zero-order valence-corrected chi connectivity index (χ0v) is 11.0. The van der Waals surface area contributed by atoms with Crippen molar-refractivity contribution >= 4 is 5.97 Å². The lowest BCUT2D eigenvalue weighted by Gasteiger charge is -2.10. The smallest absolute Gasteiger partial charge is 0.335 e. The highest BCUT2D eigenvalue weighted by Crippen LogP contribution is 2.19. The van der Waals surface area contributed by atoms with Gasteiger partial charge in [-0.3, -0.25) is 4.98 Å². The molecule has 0 unspecified atom stereocenters. The molecule has 0 saturated heterocycles. The molecule has 0 amide bonds. The number of hydrogen-bond donors (Lipinski definition) is 1. The Labute approximate surface area is 112 Å². The Morgan fingerprint density at radius 3 is 2.74 bits per heavy atom. The predicted octanol–water partition coefficient (Wildman–Crippen LogP) is 2.51. The van der Waals surface area contributed by atoms with Crippen molar-refractivity contribution in [3.63, 3.8) is 0 Å². The lowest BCUT2D eigenvalue weighted by atomic mass is 10.1. The summed E-state index contributed by atoms with van der Waals surface area (Å²) >= 11 is 0. The summed E-state index contributed by atoms with van der Waals surface area (Å²) < 4.78 is 0. The summed E-state index contributed by atoms with van der Waals surface area (Å²) in [6.07, 6.45) is 1.53. The summed E-state index contributed by atoms with van der Waals surface area (Å²) in [5.41, 5.74) is 3.04. The third-order valence-corrected chi connectivity index (χ3v) is 2.73. The molecule has 0 aliphatic rings. The van der Waals surface area contributed by atoms with Gasteiger partial charge in [0.15, 0.2) is 0 Å². The predicted molar refractivity (Wildman–Crippen MR) is 74.0 cm³/mol. The van der Waals surface area contributed by atoms with Gasteiger partial charge in [-0.15, -0.1) is 0 Å². The Hall–Kier alpha value is -2.20. The molecule has 1 heterocycles. The third kappa shape index (κ3) is 3.39. The van der Waals surface area contributed by atoms with Gasteiger partial charge in [0.2, 0.25) is 0 Å². The topological polar surface area (TPSA) is 53.4 Å². The molecular weight excluding hydrogens is 240 g/mol. The molecule has 2 rings (SSSR count). The maximum Gasteiger partial charge on any atom is 0.335 e. The van der Waals surface area contributed by atoms with Crippen LogP contribution in [0.5, 0.6) is 0 Å². The second-order valence-electron chi connectivity index (χ2n) is 4.67. The maximum absolute atomic E-state index is 11.0. The standard InChI is InChI=1S/C15H16N2O2/c1-17(2)10-11-4-3-5-12(8-11)14-9-13(15(18)19)6-7-16-14/h3-9H,10H2,1-2H3,(H,18,19). The van der Waals surface area contributed by atoms with E-state index in [2.05, 4.69) is 9.88 Å². The van der Waals surface area contributed by atoms with Crippen molar-refractivity contribution in [3.8, 4) is 11.3 Å². The van der Waals surface area contributed by atoms with Crippen LogP contribution in [0.25, 0.3) is 11.3 Å². The summed E-state index contributed by atoms with van der Waals surface area (Å²) in [6, 6.07) is 11.1. The SMILES string of the molecule is CN(C)Cc1cccc(-c2cc(C(=O)O)ccn2)c1. The lowest BCUT2D eigenvalue weighted by molar-refractivity contribution is 0.0697. The van der Waals surface area contributed by atoms with E-state index in [1.807, 2.05) is 38.4 Å². The number of pyridine rings is 1. The molecule has 2 aromatic rings. The minimum atomic E-state index is -0.937. The average molecular weight is 256 g/mol.